The zero-order valence-corrected chi connectivity index (χ0v) is 16.7. The number of rotatable bonds is 4. The van der Waals surface area contributed by atoms with Gasteiger partial charge >= 0.3 is 5.63 Å². The molecular weight excluding hydrogens is 362 g/mol. The van der Waals surface area contributed by atoms with Crippen molar-refractivity contribution < 1.29 is 18.7 Å². The summed E-state index contributed by atoms with van der Waals surface area (Å²) >= 11 is 0. The standard InChI is InChI=1S/C20H29N3O5/c1-14-11-16(15-5-3-6-21-12-15)28-20(26)18(14)19(25)23-8-4-7-22(9-10-23)17(24)13-27-2/h11,15,21H,3-10,12-13H2,1-2H3. The summed E-state index contributed by atoms with van der Waals surface area (Å²) < 4.78 is 10.4. The lowest BCUT2D eigenvalue weighted by atomic mass is 9.95. The normalized spacial score (nSPS) is 20.7. The second-order valence-electron chi connectivity index (χ2n) is 7.50. The highest BCUT2D eigenvalue weighted by atomic mass is 16.5. The third-order valence-electron chi connectivity index (χ3n) is 5.48. The van der Waals surface area contributed by atoms with Gasteiger partial charge in [-0.05, 0) is 44.4 Å². The van der Waals surface area contributed by atoms with E-state index in [9.17, 15) is 14.4 Å². The highest BCUT2D eigenvalue weighted by Gasteiger charge is 2.27. The quantitative estimate of drug-likeness (QED) is 0.814. The Hall–Kier alpha value is -2.19. The zero-order chi connectivity index (χ0) is 20.1. The van der Waals surface area contributed by atoms with Crippen LogP contribution in [0.4, 0.5) is 0 Å². The van der Waals surface area contributed by atoms with Crippen LogP contribution < -0.4 is 10.9 Å². The van der Waals surface area contributed by atoms with Crippen LogP contribution in [0.15, 0.2) is 15.3 Å². The van der Waals surface area contributed by atoms with Gasteiger partial charge in [0.25, 0.3) is 5.91 Å². The fraction of sp³-hybridized carbons (Fsp3) is 0.650. The van der Waals surface area contributed by atoms with Crippen molar-refractivity contribution in [1.82, 2.24) is 15.1 Å². The molecule has 1 N–H and O–H groups in total. The molecule has 2 fully saturated rings. The first-order valence-corrected chi connectivity index (χ1v) is 9.92. The molecule has 3 heterocycles. The van der Waals surface area contributed by atoms with Gasteiger partial charge in [0.2, 0.25) is 5.91 Å². The topological polar surface area (TPSA) is 92.1 Å². The smallest absolute Gasteiger partial charge is 0.349 e. The summed E-state index contributed by atoms with van der Waals surface area (Å²) in [6.45, 7) is 5.49. The van der Waals surface area contributed by atoms with E-state index in [1.807, 2.05) is 6.07 Å². The summed E-state index contributed by atoms with van der Waals surface area (Å²) in [5.41, 5.74) is 0.185. The summed E-state index contributed by atoms with van der Waals surface area (Å²) in [4.78, 5) is 41.0. The van der Waals surface area contributed by atoms with Crippen molar-refractivity contribution in [2.75, 3.05) is 53.0 Å². The first-order valence-electron chi connectivity index (χ1n) is 9.92. The van der Waals surface area contributed by atoms with Crippen molar-refractivity contribution in [1.29, 1.82) is 0 Å². The van der Waals surface area contributed by atoms with Gasteiger partial charge in [0.05, 0.1) is 0 Å². The monoisotopic (exact) mass is 391 g/mol. The van der Waals surface area contributed by atoms with Crippen LogP contribution in [0, 0.1) is 6.92 Å². The second-order valence-corrected chi connectivity index (χ2v) is 7.50. The lowest BCUT2D eigenvalue weighted by Crippen LogP contribution is -2.40. The summed E-state index contributed by atoms with van der Waals surface area (Å²) in [6.07, 6.45) is 2.68. The van der Waals surface area contributed by atoms with Gasteiger partial charge in [0.1, 0.15) is 17.9 Å². The summed E-state index contributed by atoms with van der Waals surface area (Å²) in [6, 6.07) is 1.83. The van der Waals surface area contributed by atoms with E-state index >= 15 is 0 Å². The molecule has 1 aromatic rings. The van der Waals surface area contributed by atoms with E-state index in [1.165, 1.54) is 7.11 Å². The van der Waals surface area contributed by atoms with Gasteiger partial charge in [0, 0.05) is 45.8 Å². The highest BCUT2D eigenvalue weighted by Crippen LogP contribution is 2.24. The Balaban J connectivity index is 1.73. The molecule has 154 valence electrons. The first kappa shape index (κ1) is 20.5. The van der Waals surface area contributed by atoms with E-state index in [1.54, 1.807) is 16.7 Å². The molecule has 0 aliphatic carbocycles. The maximum absolute atomic E-state index is 13.0. The van der Waals surface area contributed by atoms with E-state index in [2.05, 4.69) is 5.32 Å². The highest BCUT2D eigenvalue weighted by molar-refractivity contribution is 5.95. The van der Waals surface area contributed by atoms with Gasteiger partial charge < -0.3 is 24.3 Å². The number of carbonyl (C=O) groups is 2. The molecule has 8 heteroatoms. The van der Waals surface area contributed by atoms with E-state index in [0.717, 1.165) is 25.9 Å². The van der Waals surface area contributed by atoms with Gasteiger partial charge in [0.15, 0.2) is 0 Å². The molecule has 28 heavy (non-hydrogen) atoms. The Morgan fingerprint density at radius 2 is 1.96 bits per heavy atom. The van der Waals surface area contributed by atoms with Gasteiger partial charge in [-0.3, -0.25) is 9.59 Å². The van der Waals surface area contributed by atoms with E-state index in [-0.39, 0.29) is 29.9 Å². The molecule has 2 saturated heterocycles. The maximum atomic E-state index is 13.0. The first-order chi connectivity index (χ1) is 13.5. The van der Waals surface area contributed by atoms with E-state index in [0.29, 0.717) is 43.9 Å². The minimum absolute atomic E-state index is 0.0358. The average Bonchev–Trinajstić information content (AvgIpc) is 2.94. The predicted molar refractivity (Wildman–Crippen MR) is 104 cm³/mol. The van der Waals surface area contributed by atoms with Crippen molar-refractivity contribution in [3.8, 4) is 0 Å². The SMILES string of the molecule is COCC(=O)N1CCCN(C(=O)c2c(C)cc(C3CCCNC3)oc2=O)CC1. The molecular formula is C20H29N3O5. The molecule has 1 aromatic heterocycles. The largest absolute Gasteiger partial charge is 0.427 e. The van der Waals surface area contributed by atoms with Crippen LogP contribution in [-0.2, 0) is 9.53 Å². The van der Waals surface area contributed by atoms with Crippen molar-refractivity contribution in [3.63, 3.8) is 0 Å². The number of hydrogen-bond acceptors (Lipinski definition) is 6. The molecule has 2 amide bonds. The van der Waals surface area contributed by atoms with Crippen LogP contribution in [-0.4, -0.2) is 74.6 Å². The number of aryl methyl sites for hydroxylation is 1. The number of piperidine rings is 1. The molecule has 3 rings (SSSR count). The Kier molecular flexibility index (Phi) is 6.85. The molecule has 0 bridgehead atoms. The number of methoxy groups -OCH3 is 1. The Bertz CT molecular complexity index is 770. The minimum Gasteiger partial charge on any atom is -0.427 e. The van der Waals surface area contributed by atoms with Crippen molar-refractivity contribution in [2.24, 2.45) is 0 Å². The maximum Gasteiger partial charge on any atom is 0.349 e. The molecule has 2 aliphatic rings. The number of nitrogens with one attached hydrogen (secondary N) is 1. The number of hydrogen-bond donors (Lipinski definition) is 1. The molecule has 0 aromatic carbocycles. The Labute approximate surface area is 164 Å². The fourth-order valence-corrected chi connectivity index (χ4v) is 3.93. The van der Waals surface area contributed by atoms with Crippen LogP contribution in [0.25, 0.3) is 0 Å². The number of amides is 2. The van der Waals surface area contributed by atoms with Gasteiger partial charge in [-0.25, -0.2) is 4.79 Å². The fourth-order valence-electron chi connectivity index (χ4n) is 3.93. The third kappa shape index (κ3) is 4.62. The van der Waals surface area contributed by atoms with E-state index in [4.69, 9.17) is 9.15 Å². The average molecular weight is 391 g/mol. The molecule has 0 spiro atoms. The minimum atomic E-state index is -0.567. The zero-order valence-electron chi connectivity index (χ0n) is 16.7. The molecule has 0 radical (unpaired) electrons. The lowest BCUT2D eigenvalue weighted by molar-refractivity contribution is -0.135. The Morgan fingerprint density at radius 1 is 1.21 bits per heavy atom. The molecule has 2 aliphatic heterocycles. The third-order valence-corrected chi connectivity index (χ3v) is 5.48. The number of nitrogens with zero attached hydrogens (tertiary/aromatic N) is 2. The number of ether oxygens (including phenoxy) is 1. The van der Waals surface area contributed by atoms with Crippen molar-refractivity contribution in [3.05, 3.63) is 33.4 Å². The van der Waals surface area contributed by atoms with E-state index < -0.39 is 5.63 Å². The lowest BCUT2D eigenvalue weighted by Gasteiger charge is -2.24. The molecule has 1 unspecified atom stereocenters. The predicted octanol–water partition coefficient (Wildman–Crippen LogP) is 0.736. The van der Waals surface area contributed by atoms with Crippen LogP contribution in [0.2, 0.25) is 0 Å². The van der Waals surface area contributed by atoms with Crippen molar-refractivity contribution in [2.45, 2.75) is 32.1 Å². The molecule has 0 saturated carbocycles. The second kappa shape index (κ2) is 9.34. The van der Waals surface area contributed by atoms with Crippen LogP contribution in [0.1, 0.15) is 46.9 Å². The van der Waals surface area contributed by atoms with Crippen LogP contribution in [0.5, 0.6) is 0 Å². The van der Waals surface area contributed by atoms with Crippen molar-refractivity contribution >= 4 is 11.8 Å². The number of carbonyl (C=O) groups excluding carboxylic acids is 2. The summed E-state index contributed by atoms with van der Waals surface area (Å²) in [5.74, 6) is 0.417. The van der Waals surface area contributed by atoms with Crippen LogP contribution in [0.3, 0.4) is 0 Å². The van der Waals surface area contributed by atoms with Crippen LogP contribution >= 0.6 is 0 Å². The van der Waals surface area contributed by atoms with Gasteiger partial charge in [-0.1, -0.05) is 0 Å². The molecule has 1 atom stereocenters. The Morgan fingerprint density at radius 3 is 2.64 bits per heavy atom. The summed E-state index contributed by atoms with van der Waals surface area (Å²) in [5, 5.41) is 3.31. The molecule has 8 nitrogen and oxygen atoms in total. The van der Waals surface area contributed by atoms with Gasteiger partial charge in [-0.15, -0.1) is 0 Å². The van der Waals surface area contributed by atoms with Gasteiger partial charge in [-0.2, -0.15) is 0 Å². The summed E-state index contributed by atoms with van der Waals surface area (Å²) in [7, 11) is 1.49.